The van der Waals surface area contributed by atoms with Gasteiger partial charge in [-0.05, 0) is 63.6 Å². The van der Waals surface area contributed by atoms with Gasteiger partial charge in [0.1, 0.15) is 28.5 Å². The van der Waals surface area contributed by atoms with E-state index < -0.39 is 11.7 Å². The van der Waals surface area contributed by atoms with Crippen LogP contribution >= 0.6 is 0 Å². The molecule has 0 bridgehead atoms. The van der Waals surface area contributed by atoms with Crippen LogP contribution in [0.1, 0.15) is 39.7 Å². The molecular formula is C24H27F3N4O2. The SMILES string of the molecule is CCCOc1cccc(Nc2nc(Nc3ccc(OC(C)(C)C)cc3)ncc2C(F)(F)F)c1. The summed E-state index contributed by atoms with van der Waals surface area (Å²) in [7, 11) is 0. The molecule has 0 atom stereocenters. The van der Waals surface area contributed by atoms with Gasteiger partial charge in [0.25, 0.3) is 0 Å². The minimum atomic E-state index is -4.62. The van der Waals surface area contributed by atoms with Crippen LogP contribution in [-0.2, 0) is 6.18 Å². The molecule has 33 heavy (non-hydrogen) atoms. The third-order valence-corrected chi connectivity index (χ3v) is 4.20. The van der Waals surface area contributed by atoms with Crippen LogP contribution in [0.2, 0.25) is 0 Å². The van der Waals surface area contributed by atoms with Crippen LogP contribution in [0.5, 0.6) is 11.5 Å². The summed E-state index contributed by atoms with van der Waals surface area (Å²) < 4.78 is 52.0. The minimum Gasteiger partial charge on any atom is -0.494 e. The van der Waals surface area contributed by atoms with Gasteiger partial charge >= 0.3 is 6.18 Å². The van der Waals surface area contributed by atoms with Crippen molar-refractivity contribution in [3.8, 4) is 11.5 Å². The molecule has 1 heterocycles. The van der Waals surface area contributed by atoms with Crippen LogP contribution < -0.4 is 20.1 Å². The monoisotopic (exact) mass is 460 g/mol. The Morgan fingerprint density at radius 2 is 1.64 bits per heavy atom. The van der Waals surface area contributed by atoms with Gasteiger partial charge in [0.2, 0.25) is 5.95 Å². The number of hydrogen-bond acceptors (Lipinski definition) is 6. The maximum Gasteiger partial charge on any atom is 0.421 e. The van der Waals surface area contributed by atoms with Gasteiger partial charge in [-0.25, -0.2) is 4.98 Å². The molecule has 0 saturated heterocycles. The second-order valence-electron chi connectivity index (χ2n) is 8.32. The first-order valence-corrected chi connectivity index (χ1v) is 10.5. The van der Waals surface area contributed by atoms with E-state index in [1.165, 1.54) is 0 Å². The molecule has 0 radical (unpaired) electrons. The van der Waals surface area contributed by atoms with Crippen molar-refractivity contribution in [2.75, 3.05) is 17.2 Å². The van der Waals surface area contributed by atoms with E-state index in [0.717, 1.165) is 12.6 Å². The van der Waals surface area contributed by atoms with Crippen LogP contribution in [0.4, 0.5) is 36.3 Å². The Morgan fingerprint density at radius 1 is 0.909 bits per heavy atom. The summed E-state index contributed by atoms with van der Waals surface area (Å²) in [6.07, 6.45) is -3.05. The molecule has 6 nitrogen and oxygen atoms in total. The third kappa shape index (κ3) is 7.27. The first-order valence-electron chi connectivity index (χ1n) is 10.5. The van der Waals surface area contributed by atoms with Crippen molar-refractivity contribution in [3.05, 3.63) is 60.3 Å². The molecule has 0 saturated carbocycles. The summed E-state index contributed by atoms with van der Waals surface area (Å²) in [6, 6.07) is 13.7. The smallest absolute Gasteiger partial charge is 0.421 e. The highest BCUT2D eigenvalue weighted by Gasteiger charge is 2.35. The first kappa shape index (κ1) is 24.2. The third-order valence-electron chi connectivity index (χ3n) is 4.20. The predicted molar refractivity (Wildman–Crippen MR) is 123 cm³/mol. The molecule has 0 unspecified atom stereocenters. The number of nitrogens with zero attached hydrogens (tertiary/aromatic N) is 2. The quantitative estimate of drug-likeness (QED) is 0.379. The molecule has 9 heteroatoms. The maximum absolute atomic E-state index is 13.6. The molecule has 2 N–H and O–H groups in total. The molecule has 3 aromatic rings. The Balaban J connectivity index is 1.83. The second-order valence-corrected chi connectivity index (χ2v) is 8.32. The molecule has 0 fully saturated rings. The summed E-state index contributed by atoms with van der Waals surface area (Å²) in [6.45, 7) is 8.30. The topological polar surface area (TPSA) is 68.3 Å². The number of aromatic nitrogens is 2. The molecule has 0 spiro atoms. The molecule has 2 aromatic carbocycles. The summed E-state index contributed by atoms with van der Waals surface area (Å²) in [5.74, 6) is 0.892. The van der Waals surface area contributed by atoms with E-state index in [-0.39, 0.29) is 17.4 Å². The number of ether oxygens (including phenoxy) is 2. The van der Waals surface area contributed by atoms with Gasteiger partial charge < -0.3 is 20.1 Å². The standard InChI is InChI=1S/C24H27F3N4O2/c1-5-13-32-19-8-6-7-17(14-19)29-21-20(24(25,26)27)15-28-22(31-21)30-16-9-11-18(12-10-16)33-23(2,3)4/h6-12,14-15H,5,13H2,1-4H3,(H2,28,29,30,31). The Labute approximate surface area is 191 Å². The number of alkyl halides is 3. The average Bonchev–Trinajstić information content (AvgIpc) is 2.72. The normalized spacial score (nSPS) is 11.7. The fourth-order valence-electron chi connectivity index (χ4n) is 2.85. The van der Waals surface area contributed by atoms with Crippen LogP contribution in [-0.4, -0.2) is 22.2 Å². The van der Waals surface area contributed by atoms with Crippen molar-refractivity contribution in [1.82, 2.24) is 9.97 Å². The summed E-state index contributed by atoms with van der Waals surface area (Å²) in [4.78, 5) is 7.92. The Bertz CT molecular complexity index is 1060. The molecule has 1 aromatic heterocycles. The fourth-order valence-corrected chi connectivity index (χ4v) is 2.85. The van der Waals surface area contributed by atoms with Crippen molar-refractivity contribution in [3.63, 3.8) is 0 Å². The van der Waals surface area contributed by atoms with Crippen molar-refractivity contribution in [2.24, 2.45) is 0 Å². The Kier molecular flexibility index (Phi) is 7.30. The lowest BCUT2D eigenvalue weighted by Gasteiger charge is -2.21. The number of nitrogens with one attached hydrogen (secondary N) is 2. The van der Waals surface area contributed by atoms with Gasteiger partial charge in [-0.3, -0.25) is 0 Å². The zero-order valence-electron chi connectivity index (χ0n) is 19.0. The lowest BCUT2D eigenvalue weighted by molar-refractivity contribution is -0.137. The number of anilines is 4. The van der Waals surface area contributed by atoms with Crippen molar-refractivity contribution in [2.45, 2.75) is 45.9 Å². The highest BCUT2D eigenvalue weighted by Crippen LogP contribution is 2.36. The highest BCUT2D eigenvalue weighted by atomic mass is 19.4. The summed E-state index contributed by atoms with van der Waals surface area (Å²) in [5, 5.41) is 5.67. The molecule has 3 rings (SSSR count). The van der Waals surface area contributed by atoms with Crippen molar-refractivity contribution in [1.29, 1.82) is 0 Å². The number of rotatable bonds is 8. The Morgan fingerprint density at radius 3 is 2.27 bits per heavy atom. The molecule has 0 aliphatic heterocycles. The zero-order chi connectivity index (χ0) is 24.1. The van der Waals surface area contributed by atoms with Crippen molar-refractivity contribution >= 4 is 23.1 Å². The van der Waals surface area contributed by atoms with Gasteiger partial charge in [0, 0.05) is 23.6 Å². The van der Waals surface area contributed by atoms with Crippen LogP contribution in [0.25, 0.3) is 0 Å². The fraction of sp³-hybridized carbons (Fsp3) is 0.333. The van der Waals surface area contributed by atoms with Gasteiger partial charge in [-0.1, -0.05) is 13.0 Å². The van der Waals surface area contributed by atoms with Gasteiger partial charge in [0.05, 0.1) is 6.61 Å². The number of halogens is 3. The van der Waals surface area contributed by atoms with E-state index in [9.17, 15) is 13.2 Å². The number of benzene rings is 2. The van der Waals surface area contributed by atoms with E-state index in [1.54, 1.807) is 48.5 Å². The Hall–Kier alpha value is -3.49. The van der Waals surface area contributed by atoms with E-state index in [2.05, 4.69) is 20.6 Å². The van der Waals surface area contributed by atoms with E-state index >= 15 is 0 Å². The lowest BCUT2D eigenvalue weighted by atomic mass is 10.2. The highest BCUT2D eigenvalue weighted by molar-refractivity contribution is 5.64. The van der Waals surface area contributed by atoms with Crippen molar-refractivity contribution < 1.29 is 22.6 Å². The number of hydrogen-bond donors (Lipinski definition) is 2. The maximum atomic E-state index is 13.6. The average molecular weight is 461 g/mol. The first-order chi connectivity index (χ1) is 15.5. The molecule has 0 aliphatic rings. The van der Waals surface area contributed by atoms with Crippen LogP contribution in [0.3, 0.4) is 0 Å². The predicted octanol–water partition coefficient (Wildman–Crippen LogP) is 6.95. The summed E-state index contributed by atoms with van der Waals surface area (Å²) >= 11 is 0. The van der Waals surface area contributed by atoms with E-state index in [4.69, 9.17) is 9.47 Å². The zero-order valence-corrected chi connectivity index (χ0v) is 19.0. The van der Waals surface area contributed by atoms with Gasteiger partial charge in [-0.15, -0.1) is 0 Å². The van der Waals surface area contributed by atoms with Gasteiger partial charge in [-0.2, -0.15) is 18.2 Å². The minimum absolute atomic E-state index is 0.0216. The van der Waals surface area contributed by atoms with E-state index in [0.29, 0.717) is 29.5 Å². The van der Waals surface area contributed by atoms with Crippen LogP contribution in [0.15, 0.2) is 54.7 Å². The largest absolute Gasteiger partial charge is 0.494 e. The summed E-state index contributed by atoms with van der Waals surface area (Å²) in [5.41, 5.74) is -0.286. The molecular weight excluding hydrogens is 433 g/mol. The molecule has 0 aliphatic carbocycles. The second kappa shape index (κ2) is 9.97. The van der Waals surface area contributed by atoms with Gasteiger partial charge in [0.15, 0.2) is 0 Å². The van der Waals surface area contributed by atoms with E-state index in [1.807, 2.05) is 27.7 Å². The molecule has 176 valence electrons. The van der Waals surface area contributed by atoms with Crippen LogP contribution in [0, 0.1) is 0 Å². The lowest BCUT2D eigenvalue weighted by Crippen LogP contribution is -2.22. The molecule has 0 amide bonds.